The Morgan fingerprint density at radius 3 is 2.52 bits per heavy atom. The lowest BCUT2D eigenvalue weighted by Gasteiger charge is -2.32. The molecular formula is C18H29ClN4O3S. The smallest absolute Gasteiger partial charge is 0.240 e. The maximum Gasteiger partial charge on any atom is 0.240 e. The van der Waals surface area contributed by atoms with Gasteiger partial charge in [0.2, 0.25) is 15.9 Å². The van der Waals surface area contributed by atoms with Crippen LogP contribution in [0.1, 0.15) is 12.0 Å². The standard InChI is InChI=1S/C18H29ClN4O3S/c1-15-13-16(19)5-6-17(15)23(27(3,25)26)14-18(24)20-7-4-8-22-11-9-21(2)10-12-22/h5-6,13H,4,7-12,14H2,1-3H3,(H,20,24). The van der Waals surface area contributed by atoms with Crippen LogP contribution in [0.2, 0.25) is 5.02 Å². The third-order valence-electron chi connectivity index (χ3n) is 4.68. The van der Waals surface area contributed by atoms with Gasteiger partial charge in [0, 0.05) is 37.7 Å². The Kier molecular flexibility index (Phi) is 7.91. The number of piperazine rings is 1. The van der Waals surface area contributed by atoms with E-state index in [2.05, 4.69) is 22.2 Å². The SMILES string of the molecule is Cc1cc(Cl)ccc1N(CC(=O)NCCCN1CCN(C)CC1)S(C)(=O)=O. The van der Waals surface area contributed by atoms with E-state index in [4.69, 9.17) is 11.6 Å². The normalized spacial score (nSPS) is 16.3. The first-order chi connectivity index (χ1) is 12.7. The van der Waals surface area contributed by atoms with Crippen LogP contribution >= 0.6 is 11.6 Å². The fraction of sp³-hybridized carbons (Fsp3) is 0.611. The monoisotopic (exact) mass is 416 g/mol. The number of carbonyl (C=O) groups is 1. The van der Waals surface area contributed by atoms with E-state index in [1.54, 1.807) is 25.1 Å². The summed E-state index contributed by atoms with van der Waals surface area (Å²) in [7, 11) is -1.47. The Bertz CT molecular complexity index is 749. The molecule has 7 nitrogen and oxygen atoms in total. The molecule has 1 aromatic rings. The summed E-state index contributed by atoms with van der Waals surface area (Å²) in [4.78, 5) is 17.0. The zero-order valence-corrected chi connectivity index (χ0v) is 17.8. The van der Waals surface area contributed by atoms with Crippen LogP contribution in [0.5, 0.6) is 0 Å². The summed E-state index contributed by atoms with van der Waals surface area (Å²) < 4.78 is 25.5. The summed E-state index contributed by atoms with van der Waals surface area (Å²) >= 11 is 5.94. The van der Waals surface area contributed by atoms with Crippen molar-refractivity contribution in [2.24, 2.45) is 0 Å². The number of sulfonamides is 1. The number of aryl methyl sites for hydroxylation is 1. The second kappa shape index (κ2) is 9.73. The van der Waals surface area contributed by atoms with Gasteiger partial charge in [-0.05, 0) is 50.7 Å². The predicted molar refractivity (Wildman–Crippen MR) is 110 cm³/mol. The molecule has 1 aliphatic rings. The minimum Gasteiger partial charge on any atom is -0.354 e. The van der Waals surface area contributed by atoms with E-state index in [1.165, 1.54) is 0 Å². The molecule has 1 heterocycles. The van der Waals surface area contributed by atoms with E-state index >= 15 is 0 Å². The molecule has 1 saturated heterocycles. The van der Waals surface area contributed by atoms with Crippen molar-refractivity contribution < 1.29 is 13.2 Å². The number of amides is 1. The van der Waals surface area contributed by atoms with E-state index in [-0.39, 0.29) is 12.5 Å². The Balaban J connectivity index is 1.85. The number of nitrogens with one attached hydrogen (secondary N) is 1. The molecule has 0 spiro atoms. The zero-order chi connectivity index (χ0) is 20.0. The minimum absolute atomic E-state index is 0.240. The molecule has 0 atom stereocenters. The molecule has 0 aliphatic carbocycles. The van der Waals surface area contributed by atoms with Gasteiger partial charge in [-0.1, -0.05) is 11.6 Å². The molecule has 0 radical (unpaired) electrons. The molecular weight excluding hydrogens is 388 g/mol. The molecule has 2 rings (SSSR count). The number of rotatable bonds is 8. The van der Waals surface area contributed by atoms with Crippen LogP contribution in [0.15, 0.2) is 18.2 Å². The quantitative estimate of drug-likeness (QED) is 0.644. The van der Waals surface area contributed by atoms with Crippen molar-refractivity contribution >= 4 is 33.2 Å². The molecule has 1 amide bonds. The number of halogens is 1. The van der Waals surface area contributed by atoms with Crippen molar-refractivity contribution in [1.82, 2.24) is 15.1 Å². The van der Waals surface area contributed by atoms with Gasteiger partial charge in [0.1, 0.15) is 6.54 Å². The summed E-state index contributed by atoms with van der Waals surface area (Å²) in [6, 6.07) is 4.93. The first-order valence-electron chi connectivity index (χ1n) is 9.08. The Hall–Kier alpha value is -1.35. The molecule has 0 aromatic heterocycles. The van der Waals surface area contributed by atoms with Gasteiger partial charge in [0.25, 0.3) is 0 Å². The molecule has 27 heavy (non-hydrogen) atoms. The summed E-state index contributed by atoms with van der Waals surface area (Å²) in [6.07, 6.45) is 1.94. The van der Waals surface area contributed by atoms with Gasteiger partial charge in [-0.2, -0.15) is 0 Å². The summed E-state index contributed by atoms with van der Waals surface area (Å²) in [5.74, 6) is -0.312. The van der Waals surface area contributed by atoms with Crippen molar-refractivity contribution in [2.75, 3.05) is 63.4 Å². The number of nitrogens with zero attached hydrogens (tertiary/aromatic N) is 3. The maximum absolute atomic E-state index is 12.3. The van der Waals surface area contributed by atoms with Crippen LogP contribution in [0, 0.1) is 6.92 Å². The Morgan fingerprint density at radius 1 is 1.26 bits per heavy atom. The van der Waals surface area contributed by atoms with Gasteiger partial charge in [0.15, 0.2) is 0 Å². The van der Waals surface area contributed by atoms with E-state index in [9.17, 15) is 13.2 Å². The predicted octanol–water partition coefficient (Wildman–Crippen LogP) is 1.17. The van der Waals surface area contributed by atoms with Crippen LogP contribution in [0.4, 0.5) is 5.69 Å². The van der Waals surface area contributed by atoms with Gasteiger partial charge in [-0.3, -0.25) is 9.10 Å². The fourth-order valence-electron chi connectivity index (χ4n) is 3.07. The first kappa shape index (κ1) is 21.9. The van der Waals surface area contributed by atoms with Gasteiger partial charge in [-0.25, -0.2) is 8.42 Å². The zero-order valence-electron chi connectivity index (χ0n) is 16.2. The maximum atomic E-state index is 12.3. The molecule has 1 aromatic carbocycles. The number of carbonyl (C=O) groups excluding carboxylic acids is 1. The second-order valence-corrected chi connectivity index (χ2v) is 9.39. The number of anilines is 1. The van der Waals surface area contributed by atoms with Crippen molar-refractivity contribution in [2.45, 2.75) is 13.3 Å². The molecule has 9 heteroatoms. The number of hydrogen-bond donors (Lipinski definition) is 1. The molecule has 152 valence electrons. The van der Waals surface area contributed by atoms with Crippen LogP contribution < -0.4 is 9.62 Å². The van der Waals surface area contributed by atoms with Crippen LogP contribution in [0.25, 0.3) is 0 Å². The van der Waals surface area contributed by atoms with Crippen LogP contribution in [0.3, 0.4) is 0 Å². The third-order valence-corrected chi connectivity index (χ3v) is 6.05. The van der Waals surface area contributed by atoms with Crippen LogP contribution in [-0.4, -0.2) is 83.2 Å². The van der Waals surface area contributed by atoms with Gasteiger partial charge < -0.3 is 15.1 Å². The van der Waals surface area contributed by atoms with E-state index in [0.717, 1.165) is 49.7 Å². The molecule has 1 fully saturated rings. The minimum atomic E-state index is -3.58. The number of hydrogen-bond acceptors (Lipinski definition) is 5. The van der Waals surface area contributed by atoms with E-state index < -0.39 is 10.0 Å². The highest BCUT2D eigenvalue weighted by molar-refractivity contribution is 7.92. The Labute approximate surface area is 167 Å². The number of benzene rings is 1. The third kappa shape index (κ3) is 6.95. The first-order valence-corrected chi connectivity index (χ1v) is 11.3. The second-order valence-electron chi connectivity index (χ2n) is 7.05. The molecule has 0 saturated carbocycles. The van der Waals surface area contributed by atoms with Crippen molar-refractivity contribution in [3.05, 3.63) is 28.8 Å². The lowest BCUT2D eigenvalue weighted by Crippen LogP contribution is -2.45. The molecule has 0 unspecified atom stereocenters. The highest BCUT2D eigenvalue weighted by Crippen LogP contribution is 2.25. The average molecular weight is 417 g/mol. The fourth-order valence-corrected chi connectivity index (χ4v) is 4.21. The van der Waals surface area contributed by atoms with Crippen molar-refractivity contribution in [1.29, 1.82) is 0 Å². The van der Waals surface area contributed by atoms with Gasteiger partial charge in [-0.15, -0.1) is 0 Å². The van der Waals surface area contributed by atoms with E-state index in [1.807, 2.05) is 0 Å². The lowest BCUT2D eigenvalue weighted by molar-refractivity contribution is -0.119. The van der Waals surface area contributed by atoms with Gasteiger partial charge >= 0.3 is 0 Å². The van der Waals surface area contributed by atoms with Crippen molar-refractivity contribution in [3.63, 3.8) is 0 Å². The summed E-state index contributed by atoms with van der Waals surface area (Å²) in [5.41, 5.74) is 1.17. The van der Waals surface area contributed by atoms with Crippen molar-refractivity contribution in [3.8, 4) is 0 Å². The van der Waals surface area contributed by atoms with Crippen LogP contribution in [-0.2, 0) is 14.8 Å². The van der Waals surface area contributed by atoms with Gasteiger partial charge in [0.05, 0.1) is 11.9 Å². The average Bonchev–Trinajstić information content (AvgIpc) is 2.58. The summed E-state index contributed by atoms with van der Waals surface area (Å²) in [5, 5.41) is 3.35. The highest BCUT2D eigenvalue weighted by atomic mass is 35.5. The lowest BCUT2D eigenvalue weighted by atomic mass is 10.2. The largest absolute Gasteiger partial charge is 0.354 e. The Morgan fingerprint density at radius 2 is 1.93 bits per heavy atom. The molecule has 1 aliphatic heterocycles. The van der Waals surface area contributed by atoms with E-state index in [0.29, 0.717) is 22.8 Å². The number of likely N-dealkylation sites (N-methyl/N-ethyl adjacent to an activating group) is 1. The molecule has 0 bridgehead atoms. The topological polar surface area (TPSA) is 73.0 Å². The molecule has 1 N–H and O–H groups in total. The summed E-state index contributed by atoms with van der Waals surface area (Å²) in [6.45, 7) is 7.21. The highest BCUT2D eigenvalue weighted by Gasteiger charge is 2.22.